The highest BCUT2D eigenvalue weighted by molar-refractivity contribution is 5.97. The van der Waals surface area contributed by atoms with E-state index in [4.69, 9.17) is 10.5 Å². The molecule has 21 heavy (non-hydrogen) atoms. The second-order valence-electron chi connectivity index (χ2n) is 4.91. The third-order valence-corrected chi connectivity index (χ3v) is 3.50. The average Bonchev–Trinajstić information content (AvgIpc) is 2.93. The van der Waals surface area contributed by atoms with Gasteiger partial charge in [-0.3, -0.25) is 4.79 Å². The van der Waals surface area contributed by atoms with Gasteiger partial charge in [0.25, 0.3) is 5.91 Å². The molecule has 0 saturated heterocycles. The number of benzene rings is 2. The predicted octanol–water partition coefficient (Wildman–Crippen LogP) is 2.60. The summed E-state index contributed by atoms with van der Waals surface area (Å²) in [7, 11) is 0. The smallest absolute Gasteiger partial charge is 0.252 e. The lowest BCUT2D eigenvalue weighted by molar-refractivity contribution is 0.0997. The second kappa shape index (κ2) is 5.32. The Morgan fingerprint density at radius 3 is 2.90 bits per heavy atom. The van der Waals surface area contributed by atoms with Gasteiger partial charge in [-0.1, -0.05) is 30.4 Å². The van der Waals surface area contributed by atoms with Crippen molar-refractivity contribution in [3.8, 4) is 11.5 Å². The van der Waals surface area contributed by atoms with Gasteiger partial charge in [0, 0.05) is 12.0 Å². The van der Waals surface area contributed by atoms with Gasteiger partial charge in [0.05, 0.1) is 12.2 Å². The van der Waals surface area contributed by atoms with Crippen molar-refractivity contribution in [1.82, 2.24) is 0 Å². The minimum absolute atomic E-state index is 0.0919. The first kappa shape index (κ1) is 13.2. The van der Waals surface area contributed by atoms with Crippen LogP contribution in [-0.4, -0.2) is 17.6 Å². The molecule has 0 fully saturated rings. The van der Waals surface area contributed by atoms with Crippen molar-refractivity contribution in [3.05, 3.63) is 58.7 Å². The lowest BCUT2D eigenvalue weighted by Gasteiger charge is -2.04. The standard InChI is InChI=1S/C17H15NO3/c18-17(20)14-3-1-2-12(16(14)19)6-4-11-5-7-15-13(10-11)8-9-21-15/h1-7,10,19H,8-9H2,(H2,18,20)/b6-4+. The van der Waals surface area contributed by atoms with Crippen LogP contribution in [0.15, 0.2) is 36.4 Å². The molecule has 0 radical (unpaired) electrons. The fourth-order valence-corrected chi connectivity index (χ4v) is 2.39. The van der Waals surface area contributed by atoms with Crippen LogP contribution >= 0.6 is 0 Å². The molecule has 3 rings (SSSR count). The van der Waals surface area contributed by atoms with E-state index in [0.29, 0.717) is 5.56 Å². The molecular formula is C17H15NO3. The molecule has 0 unspecified atom stereocenters. The van der Waals surface area contributed by atoms with Crippen molar-refractivity contribution in [2.45, 2.75) is 6.42 Å². The minimum Gasteiger partial charge on any atom is -0.506 e. The number of para-hydroxylation sites is 1. The van der Waals surface area contributed by atoms with E-state index in [0.717, 1.165) is 24.3 Å². The van der Waals surface area contributed by atoms with Gasteiger partial charge in [0.2, 0.25) is 0 Å². The van der Waals surface area contributed by atoms with Gasteiger partial charge in [-0.25, -0.2) is 0 Å². The van der Waals surface area contributed by atoms with Crippen LogP contribution in [0.3, 0.4) is 0 Å². The second-order valence-corrected chi connectivity index (χ2v) is 4.91. The zero-order valence-electron chi connectivity index (χ0n) is 11.4. The maximum Gasteiger partial charge on any atom is 0.252 e. The summed E-state index contributed by atoms with van der Waals surface area (Å²) in [6.07, 6.45) is 4.57. The van der Waals surface area contributed by atoms with Gasteiger partial charge in [0.1, 0.15) is 11.5 Å². The Morgan fingerprint density at radius 1 is 1.24 bits per heavy atom. The van der Waals surface area contributed by atoms with Gasteiger partial charge in [-0.15, -0.1) is 0 Å². The van der Waals surface area contributed by atoms with Crippen molar-refractivity contribution in [1.29, 1.82) is 0 Å². The summed E-state index contributed by atoms with van der Waals surface area (Å²) in [6.45, 7) is 0.726. The van der Waals surface area contributed by atoms with Crippen molar-refractivity contribution >= 4 is 18.1 Å². The van der Waals surface area contributed by atoms with E-state index in [9.17, 15) is 9.90 Å². The summed E-state index contributed by atoms with van der Waals surface area (Å²) >= 11 is 0. The highest BCUT2D eigenvalue weighted by Gasteiger charge is 2.12. The monoisotopic (exact) mass is 281 g/mol. The highest BCUT2D eigenvalue weighted by atomic mass is 16.5. The Hall–Kier alpha value is -2.75. The Morgan fingerprint density at radius 2 is 2.10 bits per heavy atom. The molecule has 3 N–H and O–H groups in total. The molecular weight excluding hydrogens is 266 g/mol. The number of nitrogens with two attached hydrogens (primary N) is 1. The number of primary amides is 1. The number of phenols is 1. The van der Waals surface area contributed by atoms with Crippen LogP contribution in [-0.2, 0) is 6.42 Å². The van der Waals surface area contributed by atoms with Crippen LogP contribution in [0.5, 0.6) is 11.5 Å². The molecule has 0 bridgehead atoms. The maximum atomic E-state index is 11.2. The molecule has 4 nitrogen and oxygen atoms in total. The topological polar surface area (TPSA) is 72.6 Å². The van der Waals surface area contributed by atoms with E-state index in [-0.39, 0.29) is 11.3 Å². The Balaban J connectivity index is 1.90. The molecule has 1 aliphatic rings. The van der Waals surface area contributed by atoms with Crippen LogP contribution in [0, 0.1) is 0 Å². The third-order valence-electron chi connectivity index (χ3n) is 3.50. The molecule has 106 valence electrons. The average molecular weight is 281 g/mol. The van der Waals surface area contributed by atoms with Crippen molar-refractivity contribution < 1.29 is 14.6 Å². The summed E-state index contributed by atoms with van der Waals surface area (Å²) in [6, 6.07) is 10.9. The van der Waals surface area contributed by atoms with Crippen LogP contribution in [0.25, 0.3) is 12.2 Å². The SMILES string of the molecule is NC(=O)c1cccc(/C=C/c2ccc3c(c2)CCO3)c1O. The van der Waals surface area contributed by atoms with E-state index in [2.05, 4.69) is 6.07 Å². The molecule has 0 atom stereocenters. The fourth-order valence-electron chi connectivity index (χ4n) is 2.39. The lowest BCUT2D eigenvalue weighted by atomic mass is 10.0. The van der Waals surface area contributed by atoms with E-state index in [1.807, 2.05) is 18.2 Å². The van der Waals surface area contributed by atoms with E-state index in [1.165, 1.54) is 11.6 Å². The van der Waals surface area contributed by atoms with E-state index >= 15 is 0 Å². The van der Waals surface area contributed by atoms with Crippen LogP contribution in [0.4, 0.5) is 0 Å². The minimum atomic E-state index is -0.641. The van der Waals surface area contributed by atoms with Gasteiger partial charge in [-0.2, -0.15) is 0 Å². The number of carbonyl (C=O) groups excluding carboxylic acids is 1. The number of hydrogen-bond donors (Lipinski definition) is 2. The maximum absolute atomic E-state index is 11.2. The van der Waals surface area contributed by atoms with Crippen molar-refractivity contribution in [3.63, 3.8) is 0 Å². The number of rotatable bonds is 3. The summed E-state index contributed by atoms with van der Waals surface area (Å²) in [5.74, 6) is 0.203. The van der Waals surface area contributed by atoms with Gasteiger partial charge in [0.15, 0.2) is 0 Å². The Kier molecular flexibility index (Phi) is 3.36. The van der Waals surface area contributed by atoms with Crippen molar-refractivity contribution in [2.24, 2.45) is 5.73 Å². The predicted molar refractivity (Wildman–Crippen MR) is 81.2 cm³/mol. The van der Waals surface area contributed by atoms with Crippen LogP contribution < -0.4 is 10.5 Å². The van der Waals surface area contributed by atoms with Gasteiger partial charge < -0.3 is 15.6 Å². The first-order chi connectivity index (χ1) is 10.1. The third kappa shape index (κ3) is 2.60. The van der Waals surface area contributed by atoms with E-state index < -0.39 is 5.91 Å². The molecule has 2 aromatic carbocycles. The zero-order chi connectivity index (χ0) is 14.8. The van der Waals surface area contributed by atoms with Crippen molar-refractivity contribution in [2.75, 3.05) is 6.61 Å². The molecule has 4 heteroatoms. The van der Waals surface area contributed by atoms with Crippen LogP contribution in [0.2, 0.25) is 0 Å². The molecule has 0 spiro atoms. The number of fused-ring (bicyclic) bond motifs is 1. The highest BCUT2D eigenvalue weighted by Crippen LogP contribution is 2.28. The Bertz CT molecular complexity index is 735. The number of ether oxygens (including phenoxy) is 1. The first-order valence-corrected chi connectivity index (χ1v) is 6.71. The fraction of sp³-hybridized carbons (Fsp3) is 0.118. The molecule has 1 heterocycles. The molecule has 0 aromatic heterocycles. The largest absolute Gasteiger partial charge is 0.506 e. The molecule has 2 aromatic rings. The number of amides is 1. The summed E-state index contributed by atoms with van der Waals surface area (Å²) < 4.78 is 5.46. The molecule has 0 saturated carbocycles. The molecule has 1 amide bonds. The number of aromatic hydroxyl groups is 1. The van der Waals surface area contributed by atoms with Gasteiger partial charge in [-0.05, 0) is 29.3 Å². The van der Waals surface area contributed by atoms with E-state index in [1.54, 1.807) is 18.2 Å². The quantitative estimate of drug-likeness (QED) is 0.849. The lowest BCUT2D eigenvalue weighted by Crippen LogP contribution is -2.11. The van der Waals surface area contributed by atoms with Gasteiger partial charge >= 0.3 is 0 Å². The molecule has 1 aliphatic heterocycles. The Labute approximate surface area is 122 Å². The number of hydrogen-bond acceptors (Lipinski definition) is 3. The molecule has 0 aliphatic carbocycles. The summed E-state index contributed by atoms with van der Waals surface area (Å²) in [5.41, 5.74) is 8.10. The first-order valence-electron chi connectivity index (χ1n) is 6.71. The zero-order valence-corrected chi connectivity index (χ0v) is 11.4. The normalized spacial score (nSPS) is 13.1. The van der Waals surface area contributed by atoms with Crippen LogP contribution in [0.1, 0.15) is 27.0 Å². The summed E-state index contributed by atoms with van der Waals surface area (Å²) in [5, 5.41) is 10.0. The number of carbonyl (C=O) groups is 1. The summed E-state index contributed by atoms with van der Waals surface area (Å²) in [4.78, 5) is 11.2.